The van der Waals surface area contributed by atoms with E-state index in [2.05, 4.69) is 6.07 Å². The van der Waals surface area contributed by atoms with E-state index in [1.54, 1.807) is 0 Å². The van der Waals surface area contributed by atoms with Crippen molar-refractivity contribution in [1.82, 2.24) is 0 Å². The van der Waals surface area contributed by atoms with Crippen LogP contribution in [0.3, 0.4) is 0 Å². The molecule has 0 radical (unpaired) electrons. The first-order chi connectivity index (χ1) is 16.6. The van der Waals surface area contributed by atoms with Crippen LogP contribution in [0.1, 0.15) is 65.7 Å². The van der Waals surface area contributed by atoms with Gasteiger partial charge < -0.3 is 19.2 Å². The third-order valence-electron chi connectivity index (χ3n) is 7.03. The monoisotopic (exact) mass is 508 g/mol. The molecule has 1 saturated heterocycles. The number of ether oxygens (including phenoxy) is 1. The smallest absolute Gasteiger partial charge is 0.479 e. The van der Waals surface area contributed by atoms with Crippen molar-refractivity contribution in [2.24, 2.45) is 0 Å². The zero-order valence-electron chi connectivity index (χ0n) is 22.2. The second-order valence-corrected chi connectivity index (χ2v) is 11.9. The molecule has 1 unspecified atom stereocenters. The molecule has 0 bridgehead atoms. The van der Waals surface area contributed by atoms with Gasteiger partial charge in [-0.2, -0.15) is 0 Å². The van der Waals surface area contributed by atoms with Gasteiger partial charge >= 0.3 is 13.1 Å². The molecule has 5 nitrogen and oxygen atoms in total. The summed E-state index contributed by atoms with van der Waals surface area (Å²) >= 11 is 6.18. The molecule has 3 aromatic carbocycles. The lowest BCUT2D eigenvalue weighted by molar-refractivity contribution is -0.160. The first-order valence-electron chi connectivity index (χ1n) is 12.2. The Bertz CT molecular complexity index is 1290. The lowest BCUT2D eigenvalue weighted by atomic mass is 9.77. The average molecular weight is 509 g/mol. The number of aryl methyl sites for hydroxylation is 1. The summed E-state index contributed by atoms with van der Waals surface area (Å²) in [6.07, 6.45) is -1.14. The van der Waals surface area contributed by atoms with Gasteiger partial charge in [-0.25, -0.2) is 4.79 Å². The molecule has 4 rings (SSSR count). The van der Waals surface area contributed by atoms with Gasteiger partial charge in [0.25, 0.3) is 0 Å². The predicted molar refractivity (Wildman–Crippen MR) is 146 cm³/mol. The maximum absolute atomic E-state index is 12.5. The molecule has 1 fully saturated rings. The maximum Gasteiger partial charge on any atom is 0.494 e. The minimum atomic E-state index is -1.14. The van der Waals surface area contributed by atoms with E-state index in [4.69, 9.17) is 25.6 Å². The molecule has 0 amide bonds. The van der Waals surface area contributed by atoms with Crippen LogP contribution < -0.4 is 5.46 Å². The van der Waals surface area contributed by atoms with Crippen molar-refractivity contribution < 1.29 is 23.9 Å². The molecule has 7 heteroatoms. The van der Waals surface area contributed by atoms with E-state index in [0.29, 0.717) is 10.6 Å². The molecule has 1 aliphatic rings. The van der Waals surface area contributed by atoms with Gasteiger partial charge in [-0.3, -0.25) is 0 Å². The molecule has 36 heavy (non-hydrogen) atoms. The summed E-state index contributed by atoms with van der Waals surface area (Å²) in [4.78, 5) is 12.5. The topological polar surface area (TPSA) is 65.0 Å². The normalized spacial score (nSPS) is 18.0. The largest absolute Gasteiger partial charge is 0.494 e. The number of aliphatic carboxylic acids is 1. The van der Waals surface area contributed by atoms with E-state index in [9.17, 15) is 9.90 Å². The van der Waals surface area contributed by atoms with Gasteiger partial charge in [0.15, 0.2) is 6.10 Å². The van der Waals surface area contributed by atoms with Crippen LogP contribution in [0, 0.1) is 6.92 Å². The van der Waals surface area contributed by atoms with Crippen LogP contribution in [0.25, 0.3) is 21.9 Å². The van der Waals surface area contributed by atoms with Crippen molar-refractivity contribution in [3.8, 4) is 11.1 Å². The summed E-state index contributed by atoms with van der Waals surface area (Å²) in [7, 11) is -0.491. The highest BCUT2D eigenvalue weighted by Gasteiger charge is 2.51. The fourth-order valence-corrected chi connectivity index (χ4v) is 4.69. The lowest BCUT2D eigenvalue weighted by Gasteiger charge is -2.32. The number of carbonyl (C=O) groups is 1. The van der Waals surface area contributed by atoms with Gasteiger partial charge in [-0.15, -0.1) is 0 Å². The van der Waals surface area contributed by atoms with E-state index in [1.165, 1.54) is 0 Å². The SMILES string of the molecule is Cc1cc2cc(B3OC(C)(C)C(C)(C)O3)ccc2c(-c2ccc(Cl)cc2)c1C(OC(C)(C)C)C(=O)O. The summed E-state index contributed by atoms with van der Waals surface area (Å²) in [6.45, 7) is 15.6. The van der Waals surface area contributed by atoms with Crippen molar-refractivity contribution in [2.75, 3.05) is 0 Å². The molecular formula is C29H34BClO5. The number of carboxylic acids is 1. The molecule has 3 aromatic rings. The molecule has 190 valence electrons. The zero-order chi connectivity index (χ0) is 26.6. The quantitative estimate of drug-likeness (QED) is 0.388. The number of carboxylic acid groups (broad SMARTS) is 1. The molecule has 1 heterocycles. The highest BCUT2D eigenvalue weighted by molar-refractivity contribution is 6.62. The molecule has 0 aliphatic carbocycles. The fraction of sp³-hybridized carbons (Fsp3) is 0.414. The van der Waals surface area contributed by atoms with Crippen molar-refractivity contribution in [1.29, 1.82) is 0 Å². The maximum atomic E-state index is 12.5. The van der Waals surface area contributed by atoms with Gasteiger partial charge in [0.2, 0.25) is 0 Å². The van der Waals surface area contributed by atoms with Crippen LogP contribution in [0.5, 0.6) is 0 Å². The minimum Gasteiger partial charge on any atom is -0.479 e. The third kappa shape index (κ3) is 5.05. The molecular weight excluding hydrogens is 475 g/mol. The first kappa shape index (κ1) is 26.7. The van der Waals surface area contributed by atoms with E-state index in [-0.39, 0.29) is 0 Å². The van der Waals surface area contributed by atoms with Crippen LogP contribution in [-0.4, -0.2) is 35.0 Å². The van der Waals surface area contributed by atoms with E-state index < -0.39 is 36.0 Å². The van der Waals surface area contributed by atoms with Crippen LogP contribution in [0.2, 0.25) is 5.02 Å². The fourth-order valence-electron chi connectivity index (χ4n) is 4.56. The van der Waals surface area contributed by atoms with Gasteiger partial charge in [-0.1, -0.05) is 48.0 Å². The Balaban J connectivity index is 1.94. The van der Waals surface area contributed by atoms with Crippen LogP contribution in [0.15, 0.2) is 48.5 Å². The third-order valence-corrected chi connectivity index (χ3v) is 7.28. The van der Waals surface area contributed by atoms with Crippen LogP contribution in [-0.2, 0) is 18.8 Å². The van der Waals surface area contributed by atoms with Gasteiger partial charge in [-0.05, 0) is 100 Å². The first-order valence-corrected chi connectivity index (χ1v) is 12.6. The predicted octanol–water partition coefficient (Wildman–Crippen LogP) is 6.71. The Morgan fingerprint density at radius 2 is 1.58 bits per heavy atom. The number of halogens is 1. The lowest BCUT2D eigenvalue weighted by Crippen LogP contribution is -2.41. The molecule has 0 saturated carbocycles. The number of hydrogen-bond acceptors (Lipinski definition) is 4. The summed E-state index contributed by atoms with van der Waals surface area (Å²) in [5.41, 5.74) is 2.53. The van der Waals surface area contributed by atoms with Gasteiger partial charge in [0.1, 0.15) is 0 Å². The summed E-state index contributed by atoms with van der Waals surface area (Å²) < 4.78 is 18.6. The van der Waals surface area contributed by atoms with E-state index in [0.717, 1.165) is 32.9 Å². The van der Waals surface area contributed by atoms with Crippen molar-refractivity contribution in [3.63, 3.8) is 0 Å². The summed E-state index contributed by atoms with van der Waals surface area (Å²) in [6, 6.07) is 15.5. The Kier molecular flexibility index (Phi) is 6.80. The Morgan fingerprint density at radius 3 is 2.11 bits per heavy atom. The standard InChI is InChI=1S/C29H34BClO5/c1-17-15-19-16-20(30-35-28(5,6)29(7,8)36-30)11-14-22(19)24(18-9-12-21(31)13-10-18)23(17)25(26(32)33)34-27(2,3)4/h9-16,25H,1-8H3,(H,32,33). The molecule has 1 aliphatic heterocycles. The van der Waals surface area contributed by atoms with E-state index in [1.807, 2.05) is 97.9 Å². The summed E-state index contributed by atoms with van der Waals surface area (Å²) in [5, 5.41) is 12.7. The average Bonchev–Trinajstić information content (AvgIpc) is 2.98. The van der Waals surface area contributed by atoms with Gasteiger partial charge in [0.05, 0.1) is 16.8 Å². The molecule has 1 atom stereocenters. The van der Waals surface area contributed by atoms with Gasteiger partial charge in [0, 0.05) is 10.6 Å². The minimum absolute atomic E-state index is 0.445. The molecule has 0 aromatic heterocycles. The number of benzene rings is 3. The van der Waals surface area contributed by atoms with E-state index >= 15 is 0 Å². The zero-order valence-corrected chi connectivity index (χ0v) is 23.0. The van der Waals surface area contributed by atoms with Crippen molar-refractivity contribution in [2.45, 2.75) is 78.3 Å². The molecule has 0 spiro atoms. The second-order valence-electron chi connectivity index (χ2n) is 11.5. The van der Waals surface area contributed by atoms with Crippen molar-refractivity contribution in [3.05, 3.63) is 64.7 Å². The Hall–Kier alpha value is -2.38. The highest BCUT2D eigenvalue weighted by Crippen LogP contribution is 2.41. The number of hydrogen-bond donors (Lipinski definition) is 1. The Labute approximate surface area is 218 Å². The Morgan fingerprint density at radius 1 is 1.00 bits per heavy atom. The number of fused-ring (bicyclic) bond motifs is 1. The molecule has 1 N–H and O–H groups in total. The highest BCUT2D eigenvalue weighted by atomic mass is 35.5. The number of rotatable bonds is 5. The summed E-state index contributed by atoms with van der Waals surface area (Å²) in [5.74, 6) is -1.03. The van der Waals surface area contributed by atoms with Crippen LogP contribution in [0.4, 0.5) is 0 Å². The van der Waals surface area contributed by atoms with Crippen LogP contribution >= 0.6 is 11.6 Å². The second kappa shape index (κ2) is 9.18. The van der Waals surface area contributed by atoms with Crippen molar-refractivity contribution >= 4 is 40.9 Å².